The van der Waals surface area contributed by atoms with E-state index in [-0.39, 0.29) is 25.0 Å². The molecule has 3 aromatic rings. The third-order valence-electron chi connectivity index (χ3n) is 5.08. The molecular weight excluding hydrogens is 360 g/mol. The van der Waals surface area contributed by atoms with E-state index in [1.807, 2.05) is 37.5 Å². The van der Waals surface area contributed by atoms with Crippen molar-refractivity contribution in [3.05, 3.63) is 41.6 Å². The fourth-order valence-electron chi connectivity index (χ4n) is 3.45. The Labute approximate surface area is 160 Å². The van der Waals surface area contributed by atoms with Crippen molar-refractivity contribution in [3.63, 3.8) is 0 Å². The second-order valence-electron chi connectivity index (χ2n) is 7.11. The summed E-state index contributed by atoms with van der Waals surface area (Å²) in [5, 5.41) is 11.0. The molecule has 3 amide bonds. The predicted molar refractivity (Wildman–Crippen MR) is 97.9 cm³/mol. The molecule has 0 spiro atoms. The Morgan fingerprint density at radius 1 is 1.29 bits per heavy atom. The molecule has 1 aliphatic carbocycles. The summed E-state index contributed by atoms with van der Waals surface area (Å²) < 4.78 is 7.28. The molecule has 1 saturated carbocycles. The van der Waals surface area contributed by atoms with E-state index in [1.54, 1.807) is 4.68 Å². The van der Waals surface area contributed by atoms with Crippen molar-refractivity contribution in [2.75, 3.05) is 6.54 Å². The third-order valence-corrected chi connectivity index (χ3v) is 5.08. The molecule has 0 unspecified atom stereocenters. The van der Waals surface area contributed by atoms with E-state index < -0.39 is 0 Å². The van der Waals surface area contributed by atoms with Crippen LogP contribution in [0.1, 0.15) is 29.9 Å². The first-order chi connectivity index (χ1) is 13.6. The van der Waals surface area contributed by atoms with Gasteiger partial charge in [0.2, 0.25) is 11.7 Å². The van der Waals surface area contributed by atoms with Gasteiger partial charge in [-0.25, -0.2) is 4.79 Å². The normalized spacial score (nSPS) is 16.7. The molecule has 3 heterocycles. The molecule has 1 saturated heterocycles. The van der Waals surface area contributed by atoms with Crippen LogP contribution in [-0.4, -0.2) is 43.3 Å². The number of benzene rings is 1. The van der Waals surface area contributed by atoms with E-state index in [2.05, 4.69) is 20.6 Å². The Hall–Kier alpha value is -3.49. The van der Waals surface area contributed by atoms with E-state index in [9.17, 15) is 9.59 Å². The van der Waals surface area contributed by atoms with Crippen LogP contribution in [0.5, 0.6) is 0 Å². The number of aromatic nitrogens is 4. The topological polar surface area (TPSA) is 106 Å². The van der Waals surface area contributed by atoms with Crippen LogP contribution in [-0.2, 0) is 18.4 Å². The number of hydrogen-bond donors (Lipinski definition) is 1. The second kappa shape index (κ2) is 6.29. The van der Waals surface area contributed by atoms with Gasteiger partial charge in [-0.3, -0.25) is 14.4 Å². The molecule has 0 atom stereocenters. The fraction of sp³-hybridized carbons (Fsp3) is 0.316. The lowest BCUT2D eigenvalue weighted by Gasteiger charge is -2.12. The van der Waals surface area contributed by atoms with Gasteiger partial charge in [0.25, 0.3) is 5.89 Å². The van der Waals surface area contributed by atoms with Crippen molar-refractivity contribution in [2.45, 2.75) is 25.3 Å². The smallest absolute Gasteiger partial charge is 0.324 e. The summed E-state index contributed by atoms with van der Waals surface area (Å²) in [5.74, 6) is 1.18. The summed E-state index contributed by atoms with van der Waals surface area (Å²) in [4.78, 5) is 29.3. The third kappa shape index (κ3) is 2.84. The lowest BCUT2D eigenvalue weighted by Crippen LogP contribution is -2.30. The average molecular weight is 378 g/mol. The van der Waals surface area contributed by atoms with E-state index >= 15 is 0 Å². The number of urea groups is 1. The molecule has 9 heteroatoms. The summed E-state index contributed by atoms with van der Waals surface area (Å²) in [7, 11) is 1.86. The lowest BCUT2D eigenvalue weighted by atomic mass is 10.1. The van der Waals surface area contributed by atoms with Crippen LogP contribution in [0.15, 0.2) is 35.0 Å². The maximum absolute atomic E-state index is 11.8. The highest BCUT2D eigenvalue weighted by Gasteiger charge is 2.31. The van der Waals surface area contributed by atoms with Gasteiger partial charge in [0.1, 0.15) is 5.69 Å². The molecule has 2 fully saturated rings. The van der Waals surface area contributed by atoms with Crippen LogP contribution < -0.4 is 5.32 Å². The number of amides is 3. The maximum atomic E-state index is 11.8. The Balaban J connectivity index is 1.43. The van der Waals surface area contributed by atoms with E-state index in [1.165, 1.54) is 4.90 Å². The minimum absolute atomic E-state index is 0.0424. The van der Waals surface area contributed by atoms with Crippen molar-refractivity contribution < 1.29 is 14.1 Å². The largest absolute Gasteiger partial charge is 0.332 e. The fourth-order valence-corrected chi connectivity index (χ4v) is 3.45. The SMILES string of the molecule is Cn1ncc(C2CC2)c1-c1nc(-c2cccc(CN3C(=O)CNC3=O)c2)no1. The number of hydrogen-bond acceptors (Lipinski definition) is 6. The molecule has 28 heavy (non-hydrogen) atoms. The Bertz CT molecular complexity index is 1070. The zero-order chi connectivity index (χ0) is 19.3. The maximum Gasteiger partial charge on any atom is 0.324 e. The van der Waals surface area contributed by atoms with Gasteiger partial charge in [0.05, 0.1) is 19.3 Å². The first-order valence-electron chi connectivity index (χ1n) is 9.13. The van der Waals surface area contributed by atoms with Gasteiger partial charge in [-0.1, -0.05) is 23.4 Å². The molecule has 1 aliphatic heterocycles. The number of nitrogens with one attached hydrogen (secondary N) is 1. The first-order valence-corrected chi connectivity index (χ1v) is 9.13. The first kappa shape index (κ1) is 16.7. The quantitative estimate of drug-likeness (QED) is 0.681. The number of aryl methyl sites for hydroxylation is 1. The van der Waals surface area contributed by atoms with Crippen LogP contribution in [0.4, 0.5) is 4.79 Å². The number of rotatable bonds is 5. The molecule has 0 bridgehead atoms. The second-order valence-corrected chi connectivity index (χ2v) is 7.11. The standard InChI is InChI=1S/C19H18N6O3/c1-24-16(14(8-21-24)12-5-6-12)18-22-17(23-28-18)13-4-2-3-11(7-13)10-25-15(26)9-20-19(25)27/h2-4,7-8,12H,5-6,9-10H2,1H3,(H,20,27). The van der Waals surface area contributed by atoms with Crippen molar-refractivity contribution in [1.29, 1.82) is 0 Å². The van der Waals surface area contributed by atoms with Crippen LogP contribution in [0.25, 0.3) is 23.0 Å². The molecule has 2 aliphatic rings. The van der Waals surface area contributed by atoms with E-state index in [0.29, 0.717) is 17.6 Å². The lowest BCUT2D eigenvalue weighted by molar-refractivity contribution is -0.125. The van der Waals surface area contributed by atoms with E-state index in [0.717, 1.165) is 35.2 Å². The van der Waals surface area contributed by atoms with Crippen molar-refractivity contribution in [3.8, 4) is 23.0 Å². The van der Waals surface area contributed by atoms with Crippen molar-refractivity contribution in [1.82, 2.24) is 30.1 Å². The van der Waals surface area contributed by atoms with Gasteiger partial charge in [0.15, 0.2) is 0 Å². The highest BCUT2D eigenvalue weighted by atomic mass is 16.5. The molecule has 9 nitrogen and oxygen atoms in total. The molecule has 0 radical (unpaired) electrons. The summed E-state index contributed by atoms with van der Waals surface area (Å²) in [6, 6.07) is 7.06. The zero-order valence-corrected chi connectivity index (χ0v) is 15.3. The zero-order valence-electron chi connectivity index (χ0n) is 15.3. The van der Waals surface area contributed by atoms with Crippen LogP contribution in [0.3, 0.4) is 0 Å². The van der Waals surface area contributed by atoms with Gasteiger partial charge in [-0.2, -0.15) is 10.1 Å². The Morgan fingerprint density at radius 3 is 2.89 bits per heavy atom. The van der Waals surface area contributed by atoms with Crippen molar-refractivity contribution >= 4 is 11.9 Å². The minimum Gasteiger partial charge on any atom is -0.332 e. The highest BCUT2D eigenvalue weighted by Crippen LogP contribution is 2.44. The number of carbonyl (C=O) groups is 2. The van der Waals surface area contributed by atoms with Crippen LogP contribution >= 0.6 is 0 Å². The summed E-state index contributed by atoms with van der Waals surface area (Å²) >= 11 is 0. The average Bonchev–Trinajstić information content (AvgIpc) is 3.17. The van der Waals surface area contributed by atoms with Gasteiger partial charge >= 0.3 is 6.03 Å². The molecule has 5 rings (SSSR count). The summed E-state index contributed by atoms with van der Waals surface area (Å²) in [5.41, 5.74) is 3.57. The number of carbonyl (C=O) groups excluding carboxylic acids is 2. The van der Waals surface area contributed by atoms with Gasteiger partial charge in [0, 0.05) is 18.2 Å². The van der Waals surface area contributed by atoms with Gasteiger partial charge in [-0.05, 0) is 30.4 Å². The highest BCUT2D eigenvalue weighted by molar-refractivity contribution is 6.01. The summed E-state index contributed by atoms with van der Waals surface area (Å²) in [6.07, 6.45) is 4.19. The molecule has 1 aromatic carbocycles. The Kier molecular flexibility index (Phi) is 3.75. The molecular formula is C19H18N6O3. The summed E-state index contributed by atoms with van der Waals surface area (Å²) in [6.45, 7) is 0.248. The Morgan fingerprint density at radius 2 is 2.14 bits per heavy atom. The molecule has 142 valence electrons. The van der Waals surface area contributed by atoms with Crippen LogP contribution in [0, 0.1) is 0 Å². The monoisotopic (exact) mass is 378 g/mol. The van der Waals surface area contributed by atoms with Gasteiger partial charge in [-0.15, -0.1) is 0 Å². The molecule has 1 N–H and O–H groups in total. The minimum atomic E-state index is -0.374. The predicted octanol–water partition coefficient (Wildman–Crippen LogP) is 2.07. The van der Waals surface area contributed by atoms with E-state index in [4.69, 9.17) is 4.52 Å². The molecule has 2 aromatic heterocycles. The van der Waals surface area contributed by atoms with Gasteiger partial charge < -0.3 is 9.84 Å². The van der Waals surface area contributed by atoms with Crippen LogP contribution in [0.2, 0.25) is 0 Å². The number of imide groups is 1. The van der Waals surface area contributed by atoms with Crippen molar-refractivity contribution in [2.24, 2.45) is 7.05 Å². The number of nitrogens with zero attached hydrogens (tertiary/aromatic N) is 5.